The highest BCUT2D eigenvalue weighted by Gasteiger charge is 2.24. The van der Waals surface area contributed by atoms with Gasteiger partial charge in [-0.1, -0.05) is 0 Å². The first-order chi connectivity index (χ1) is 8.58. The van der Waals surface area contributed by atoms with Crippen molar-refractivity contribution in [3.63, 3.8) is 0 Å². The zero-order valence-corrected chi connectivity index (χ0v) is 10.7. The number of aromatic nitrogens is 1. The van der Waals surface area contributed by atoms with Crippen LogP contribution >= 0.6 is 0 Å². The molecule has 0 saturated carbocycles. The molecule has 1 aromatic rings. The summed E-state index contributed by atoms with van der Waals surface area (Å²) in [4.78, 5) is 17.7. The van der Waals surface area contributed by atoms with Crippen molar-refractivity contribution in [2.45, 2.75) is 25.8 Å². The molecular formula is C13H20N4O. The van der Waals surface area contributed by atoms with Crippen LogP contribution in [-0.2, 0) is 4.79 Å². The maximum atomic E-state index is 11.3. The van der Waals surface area contributed by atoms with Crippen LogP contribution in [0.15, 0.2) is 18.3 Å². The number of pyridine rings is 1. The molecule has 0 aromatic carbocycles. The molecule has 1 aliphatic rings. The summed E-state index contributed by atoms with van der Waals surface area (Å²) in [5.41, 5.74) is 12.3. The highest BCUT2D eigenvalue weighted by Crippen LogP contribution is 2.23. The molecule has 2 heterocycles. The first-order valence-corrected chi connectivity index (χ1v) is 6.33. The Balaban J connectivity index is 2.15. The molecule has 18 heavy (non-hydrogen) atoms. The van der Waals surface area contributed by atoms with Crippen LogP contribution in [-0.4, -0.2) is 24.0 Å². The molecule has 1 fully saturated rings. The lowest BCUT2D eigenvalue weighted by atomic mass is 9.97. The van der Waals surface area contributed by atoms with E-state index in [0.29, 0.717) is 6.54 Å². The fraction of sp³-hybridized carbons (Fsp3) is 0.538. The van der Waals surface area contributed by atoms with E-state index < -0.39 is 0 Å². The van der Waals surface area contributed by atoms with Crippen molar-refractivity contribution in [3.05, 3.63) is 23.9 Å². The predicted octanol–water partition coefficient (Wildman–Crippen LogP) is 0.803. The Hall–Kier alpha value is -1.62. The van der Waals surface area contributed by atoms with Gasteiger partial charge in [-0.05, 0) is 37.5 Å². The standard InChI is InChI=1S/C13H20N4O/c1-9(14)10-4-5-16-12(7-10)17-6-2-3-11(8-17)13(15)18/h4-5,7,9,11H,2-3,6,8,14H2,1H3,(H2,15,18)/t9-,11?/m1/s1. The molecule has 2 rings (SSSR count). The monoisotopic (exact) mass is 248 g/mol. The molecule has 0 bridgehead atoms. The number of piperidine rings is 1. The minimum atomic E-state index is -0.219. The van der Waals surface area contributed by atoms with Gasteiger partial charge in [0.05, 0.1) is 5.92 Å². The van der Waals surface area contributed by atoms with E-state index >= 15 is 0 Å². The molecule has 0 spiro atoms. The molecule has 1 aliphatic heterocycles. The molecule has 1 saturated heterocycles. The summed E-state index contributed by atoms with van der Waals surface area (Å²) in [6.45, 7) is 3.52. The van der Waals surface area contributed by atoms with Crippen molar-refractivity contribution in [1.82, 2.24) is 4.98 Å². The van der Waals surface area contributed by atoms with E-state index in [1.807, 2.05) is 19.1 Å². The number of hydrogen-bond donors (Lipinski definition) is 2. The Morgan fingerprint density at radius 2 is 2.39 bits per heavy atom. The molecule has 1 unspecified atom stereocenters. The maximum Gasteiger partial charge on any atom is 0.222 e. The zero-order valence-electron chi connectivity index (χ0n) is 10.7. The third-order valence-corrected chi connectivity index (χ3v) is 3.44. The Bertz CT molecular complexity index is 433. The third kappa shape index (κ3) is 2.79. The van der Waals surface area contributed by atoms with Gasteiger partial charge in [0, 0.05) is 25.3 Å². The summed E-state index contributed by atoms with van der Waals surface area (Å²) in [5, 5.41) is 0. The summed E-state index contributed by atoms with van der Waals surface area (Å²) < 4.78 is 0. The number of rotatable bonds is 3. The average Bonchev–Trinajstić information content (AvgIpc) is 2.39. The van der Waals surface area contributed by atoms with E-state index in [4.69, 9.17) is 11.5 Å². The van der Waals surface area contributed by atoms with Crippen LogP contribution in [0.25, 0.3) is 0 Å². The van der Waals surface area contributed by atoms with Crippen molar-refractivity contribution in [1.29, 1.82) is 0 Å². The molecule has 5 nitrogen and oxygen atoms in total. The van der Waals surface area contributed by atoms with E-state index in [1.54, 1.807) is 6.20 Å². The number of nitrogens with two attached hydrogens (primary N) is 2. The highest BCUT2D eigenvalue weighted by atomic mass is 16.1. The fourth-order valence-corrected chi connectivity index (χ4v) is 2.31. The highest BCUT2D eigenvalue weighted by molar-refractivity contribution is 5.77. The van der Waals surface area contributed by atoms with E-state index in [2.05, 4.69) is 9.88 Å². The largest absolute Gasteiger partial charge is 0.369 e. The number of anilines is 1. The van der Waals surface area contributed by atoms with Gasteiger partial charge < -0.3 is 16.4 Å². The predicted molar refractivity (Wildman–Crippen MR) is 71.0 cm³/mol. The van der Waals surface area contributed by atoms with Gasteiger partial charge in [-0.25, -0.2) is 4.98 Å². The second-order valence-corrected chi connectivity index (χ2v) is 4.92. The molecule has 0 aliphatic carbocycles. The summed E-state index contributed by atoms with van der Waals surface area (Å²) in [7, 11) is 0. The van der Waals surface area contributed by atoms with Gasteiger partial charge in [-0.2, -0.15) is 0 Å². The summed E-state index contributed by atoms with van der Waals surface area (Å²) in [6, 6.07) is 3.90. The molecule has 1 amide bonds. The molecular weight excluding hydrogens is 228 g/mol. The van der Waals surface area contributed by atoms with Crippen LogP contribution in [0.3, 0.4) is 0 Å². The second-order valence-electron chi connectivity index (χ2n) is 4.92. The number of carbonyl (C=O) groups excluding carboxylic acids is 1. The quantitative estimate of drug-likeness (QED) is 0.828. The Kier molecular flexibility index (Phi) is 3.81. The smallest absolute Gasteiger partial charge is 0.222 e. The van der Waals surface area contributed by atoms with Crippen LogP contribution in [0.1, 0.15) is 31.4 Å². The van der Waals surface area contributed by atoms with Crippen molar-refractivity contribution >= 4 is 11.7 Å². The second kappa shape index (κ2) is 5.35. The van der Waals surface area contributed by atoms with Crippen LogP contribution in [0.2, 0.25) is 0 Å². The topological polar surface area (TPSA) is 85.2 Å². The summed E-state index contributed by atoms with van der Waals surface area (Å²) in [6.07, 6.45) is 3.61. The molecule has 1 aromatic heterocycles. The van der Waals surface area contributed by atoms with Gasteiger partial charge in [-0.3, -0.25) is 4.79 Å². The molecule has 0 radical (unpaired) electrons. The van der Waals surface area contributed by atoms with Gasteiger partial charge in [0.15, 0.2) is 0 Å². The lowest BCUT2D eigenvalue weighted by Crippen LogP contribution is -2.41. The maximum absolute atomic E-state index is 11.3. The van der Waals surface area contributed by atoms with Crippen LogP contribution in [0.5, 0.6) is 0 Å². The van der Waals surface area contributed by atoms with Crippen LogP contribution in [0.4, 0.5) is 5.82 Å². The normalized spacial score (nSPS) is 21.7. The summed E-state index contributed by atoms with van der Waals surface area (Å²) >= 11 is 0. The van der Waals surface area contributed by atoms with E-state index in [9.17, 15) is 4.79 Å². The summed E-state index contributed by atoms with van der Waals surface area (Å²) in [5.74, 6) is 0.596. The Labute approximate surface area is 107 Å². The molecule has 5 heteroatoms. The number of nitrogens with zero attached hydrogens (tertiary/aromatic N) is 2. The number of primary amides is 1. The first-order valence-electron chi connectivity index (χ1n) is 6.33. The fourth-order valence-electron chi connectivity index (χ4n) is 2.31. The number of hydrogen-bond acceptors (Lipinski definition) is 4. The lowest BCUT2D eigenvalue weighted by Gasteiger charge is -2.32. The first kappa shape index (κ1) is 12.8. The van der Waals surface area contributed by atoms with Crippen LogP contribution in [0, 0.1) is 5.92 Å². The Morgan fingerprint density at radius 3 is 3.06 bits per heavy atom. The van der Waals surface area contributed by atoms with E-state index in [-0.39, 0.29) is 17.9 Å². The van der Waals surface area contributed by atoms with Crippen molar-refractivity contribution in [2.24, 2.45) is 17.4 Å². The van der Waals surface area contributed by atoms with Crippen molar-refractivity contribution in [3.8, 4) is 0 Å². The SMILES string of the molecule is C[C@@H](N)c1ccnc(N2CCCC(C(N)=O)C2)c1. The van der Waals surface area contributed by atoms with Gasteiger partial charge in [0.2, 0.25) is 5.91 Å². The minimum absolute atomic E-state index is 0.0107. The van der Waals surface area contributed by atoms with Gasteiger partial charge in [-0.15, -0.1) is 0 Å². The number of carbonyl (C=O) groups is 1. The molecule has 4 N–H and O–H groups in total. The third-order valence-electron chi connectivity index (χ3n) is 3.44. The van der Waals surface area contributed by atoms with E-state index in [0.717, 1.165) is 30.8 Å². The van der Waals surface area contributed by atoms with Crippen LogP contribution < -0.4 is 16.4 Å². The average molecular weight is 248 g/mol. The molecule has 2 atom stereocenters. The van der Waals surface area contributed by atoms with Crippen molar-refractivity contribution in [2.75, 3.05) is 18.0 Å². The number of amides is 1. The van der Waals surface area contributed by atoms with Gasteiger partial charge >= 0.3 is 0 Å². The lowest BCUT2D eigenvalue weighted by molar-refractivity contribution is -0.122. The minimum Gasteiger partial charge on any atom is -0.369 e. The van der Waals surface area contributed by atoms with E-state index in [1.165, 1.54) is 0 Å². The Morgan fingerprint density at radius 1 is 1.61 bits per heavy atom. The van der Waals surface area contributed by atoms with Gasteiger partial charge in [0.1, 0.15) is 5.82 Å². The van der Waals surface area contributed by atoms with Crippen molar-refractivity contribution < 1.29 is 4.79 Å². The molecule has 98 valence electrons. The van der Waals surface area contributed by atoms with Gasteiger partial charge in [0.25, 0.3) is 0 Å². The zero-order chi connectivity index (χ0) is 13.1.